The second-order valence-electron chi connectivity index (χ2n) is 5.14. The molecule has 25 heavy (non-hydrogen) atoms. The van der Waals surface area contributed by atoms with Crippen molar-refractivity contribution < 1.29 is 27.9 Å². The van der Waals surface area contributed by atoms with Crippen LogP contribution in [0, 0.1) is 5.82 Å². The van der Waals surface area contributed by atoms with Crippen LogP contribution in [0.3, 0.4) is 0 Å². The lowest BCUT2D eigenvalue weighted by molar-refractivity contribution is 0.0446. The standard InChI is InChI=1S/C18H12ClFO5/c1-23-16-4-2-10(7-13(16)20)14(21)9-24-18(22)17-8-11-6-12(19)3-5-15(11)25-17/h2-8H,9H2,1H3. The van der Waals surface area contributed by atoms with Gasteiger partial charge >= 0.3 is 5.97 Å². The van der Waals surface area contributed by atoms with Crippen LogP contribution in [0.4, 0.5) is 4.39 Å². The summed E-state index contributed by atoms with van der Waals surface area (Å²) in [5.41, 5.74) is 0.544. The second kappa shape index (κ2) is 6.94. The molecule has 128 valence electrons. The molecule has 0 aliphatic heterocycles. The second-order valence-corrected chi connectivity index (χ2v) is 5.58. The number of halogens is 2. The summed E-state index contributed by atoms with van der Waals surface area (Å²) in [7, 11) is 1.32. The average molecular weight is 363 g/mol. The van der Waals surface area contributed by atoms with Crippen LogP contribution in [0.2, 0.25) is 5.02 Å². The molecular weight excluding hydrogens is 351 g/mol. The Morgan fingerprint density at radius 2 is 1.96 bits per heavy atom. The van der Waals surface area contributed by atoms with E-state index < -0.39 is 24.2 Å². The molecule has 0 radical (unpaired) electrons. The molecule has 3 aromatic rings. The molecule has 0 unspecified atom stereocenters. The summed E-state index contributed by atoms with van der Waals surface area (Å²) in [5.74, 6) is -2.04. The Labute approximate surface area is 146 Å². The molecule has 3 rings (SSSR count). The van der Waals surface area contributed by atoms with E-state index >= 15 is 0 Å². The fourth-order valence-corrected chi connectivity index (χ4v) is 2.42. The lowest BCUT2D eigenvalue weighted by atomic mass is 10.1. The topological polar surface area (TPSA) is 65.7 Å². The zero-order valence-corrected chi connectivity index (χ0v) is 13.8. The molecule has 5 nitrogen and oxygen atoms in total. The maximum absolute atomic E-state index is 13.6. The van der Waals surface area contributed by atoms with Crippen molar-refractivity contribution in [2.75, 3.05) is 13.7 Å². The van der Waals surface area contributed by atoms with Crippen LogP contribution in [0.25, 0.3) is 11.0 Å². The van der Waals surface area contributed by atoms with Crippen LogP contribution in [-0.2, 0) is 4.74 Å². The lowest BCUT2D eigenvalue weighted by Crippen LogP contribution is -2.14. The van der Waals surface area contributed by atoms with Gasteiger partial charge in [0.1, 0.15) is 5.58 Å². The van der Waals surface area contributed by atoms with Gasteiger partial charge in [-0.05, 0) is 42.5 Å². The fourth-order valence-electron chi connectivity index (χ4n) is 2.24. The third-order valence-corrected chi connectivity index (χ3v) is 3.72. The summed E-state index contributed by atoms with van der Waals surface area (Å²) >= 11 is 5.87. The van der Waals surface area contributed by atoms with Crippen LogP contribution in [0.1, 0.15) is 20.9 Å². The Morgan fingerprint density at radius 1 is 1.16 bits per heavy atom. The number of carbonyl (C=O) groups excluding carboxylic acids is 2. The first kappa shape index (κ1) is 17.0. The number of hydrogen-bond donors (Lipinski definition) is 0. The number of rotatable bonds is 5. The zero-order chi connectivity index (χ0) is 18.0. The molecule has 0 bridgehead atoms. The van der Waals surface area contributed by atoms with Crippen LogP contribution in [0.15, 0.2) is 46.9 Å². The van der Waals surface area contributed by atoms with Gasteiger partial charge in [-0.15, -0.1) is 0 Å². The number of Topliss-reactive ketones (excluding diaryl/α,β-unsaturated/α-hetero) is 1. The van der Waals surface area contributed by atoms with Crippen LogP contribution in [0.5, 0.6) is 5.75 Å². The first-order valence-corrected chi connectivity index (χ1v) is 7.58. The van der Waals surface area contributed by atoms with E-state index in [-0.39, 0.29) is 17.1 Å². The van der Waals surface area contributed by atoms with Crippen molar-refractivity contribution in [2.45, 2.75) is 0 Å². The van der Waals surface area contributed by atoms with Gasteiger partial charge in [-0.3, -0.25) is 4.79 Å². The van der Waals surface area contributed by atoms with E-state index in [1.54, 1.807) is 18.2 Å². The predicted molar refractivity (Wildman–Crippen MR) is 88.8 cm³/mol. The number of ether oxygens (including phenoxy) is 2. The molecule has 0 spiro atoms. The number of esters is 1. The van der Waals surface area contributed by atoms with Crippen molar-refractivity contribution in [3.63, 3.8) is 0 Å². The molecule has 0 saturated carbocycles. The fraction of sp³-hybridized carbons (Fsp3) is 0.111. The van der Waals surface area contributed by atoms with Crippen LogP contribution < -0.4 is 4.74 Å². The Morgan fingerprint density at radius 3 is 2.68 bits per heavy atom. The molecule has 0 atom stereocenters. The Kier molecular flexibility index (Phi) is 4.72. The van der Waals surface area contributed by atoms with Crippen LogP contribution >= 0.6 is 11.6 Å². The Balaban J connectivity index is 1.68. The van der Waals surface area contributed by atoms with Gasteiger partial charge in [-0.1, -0.05) is 11.6 Å². The third-order valence-electron chi connectivity index (χ3n) is 3.49. The molecule has 0 aliphatic rings. The van der Waals surface area contributed by atoms with Crippen molar-refractivity contribution >= 4 is 34.3 Å². The number of methoxy groups -OCH3 is 1. The highest BCUT2D eigenvalue weighted by atomic mass is 35.5. The smallest absolute Gasteiger partial charge is 0.374 e. The SMILES string of the molecule is COc1ccc(C(=O)COC(=O)c2cc3cc(Cl)ccc3o2)cc1F. The van der Waals surface area contributed by atoms with Gasteiger partial charge < -0.3 is 13.9 Å². The van der Waals surface area contributed by atoms with Gasteiger partial charge in [0, 0.05) is 16.0 Å². The normalized spacial score (nSPS) is 10.7. The number of fused-ring (bicyclic) bond motifs is 1. The highest BCUT2D eigenvalue weighted by Crippen LogP contribution is 2.23. The van der Waals surface area contributed by atoms with Crippen LogP contribution in [-0.4, -0.2) is 25.5 Å². The van der Waals surface area contributed by atoms with Crippen molar-refractivity contribution in [1.82, 2.24) is 0 Å². The summed E-state index contributed by atoms with van der Waals surface area (Å²) in [4.78, 5) is 24.0. The molecule has 1 heterocycles. The summed E-state index contributed by atoms with van der Waals surface area (Å²) < 4.78 is 28.7. The largest absolute Gasteiger partial charge is 0.494 e. The number of carbonyl (C=O) groups is 2. The molecule has 0 fully saturated rings. The van der Waals surface area contributed by atoms with Gasteiger partial charge in [0.25, 0.3) is 0 Å². The molecular formula is C18H12ClFO5. The van der Waals surface area contributed by atoms with Crippen molar-refractivity contribution in [1.29, 1.82) is 0 Å². The Hall–Kier alpha value is -2.86. The monoisotopic (exact) mass is 362 g/mol. The highest BCUT2D eigenvalue weighted by molar-refractivity contribution is 6.31. The molecule has 1 aromatic heterocycles. The molecule has 0 amide bonds. The lowest BCUT2D eigenvalue weighted by Gasteiger charge is -2.05. The minimum atomic E-state index is -0.797. The minimum Gasteiger partial charge on any atom is -0.494 e. The highest BCUT2D eigenvalue weighted by Gasteiger charge is 2.17. The van der Waals surface area contributed by atoms with E-state index in [2.05, 4.69) is 0 Å². The van der Waals surface area contributed by atoms with Gasteiger partial charge in [-0.2, -0.15) is 0 Å². The van der Waals surface area contributed by atoms with Gasteiger partial charge in [0.2, 0.25) is 5.76 Å². The van der Waals surface area contributed by atoms with Crippen molar-refractivity contribution in [3.8, 4) is 5.75 Å². The number of hydrogen-bond acceptors (Lipinski definition) is 5. The quantitative estimate of drug-likeness (QED) is 0.501. The molecule has 0 saturated heterocycles. The molecule has 7 heteroatoms. The predicted octanol–water partition coefficient (Wildman–Crippen LogP) is 4.27. The van der Waals surface area contributed by atoms with Gasteiger partial charge in [0.15, 0.2) is 24.0 Å². The number of furan rings is 1. The molecule has 0 N–H and O–H groups in total. The van der Waals surface area contributed by atoms with Crippen molar-refractivity contribution in [2.24, 2.45) is 0 Å². The number of benzene rings is 2. The maximum atomic E-state index is 13.6. The van der Waals surface area contributed by atoms with Gasteiger partial charge in [-0.25, -0.2) is 9.18 Å². The summed E-state index contributed by atoms with van der Waals surface area (Å²) in [6.45, 7) is -0.539. The van der Waals surface area contributed by atoms with Crippen molar-refractivity contribution in [3.05, 3.63) is 64.6 Å². The molecule has 2 aromatic carbocycles. The maximum Gasteiger partial charge on any atom is 0.374 e. The zero-order valence-electron chi connectivity index (χ0n) is 13.0. The van der Waals surface area contributed by atoms with E-state index in [0.717, 1.165) is 6.07 Å². The van der Waals surface area contributed by atoms with E-state index in [1.807, 2.05) is 0 Å². The van der Waals surface area contributed by atoms with E-state index in [4.69, 9.17) is 25.5 Å². The third kappa shape index (κ3) is 3.64. The first-order chi connectivity index (χ1) is 12.0. The van der Waals surface area contributed by atoms with E-state index in [1.165, 1.54) is 25.3 Å². The van der Waals surface area contributed by atoms with Gasteiger partial charge in [0.05, 0.1) is 7.11 Å². The Bertz CT molecular complexity index is 963. The summed E-state index contributed by atoms with van der Waals surface area (Å²) in [6.07, 6.45) is 0. The average Bonchev–Trinajstić information content (AvgIpc) is 3.02. The summed E-state index contributed by atoms with van der Waals surface area (Å²) in [6, 6.07) is 10.1. The molecule has 0 aliphatic carbocycles. The first-order valence-electron chi connectivity index (χ1n) is 7.21. The summed E-state index contributed by atoms with van der Waals surface area (Å²) in [5, 5.41) is 1.15. The van der Waals surface area contributed by atoms with E-state index in [9.17, 15) is 14.0 Å². The minimum absolute atomic E-state index is 0.0227. The van der Waals surface area contributed by atoms with E-state index in [0.29, 0.717) is 16.0 Å². The number of ketones is 1.